The minimum atomic E-state index is -3.91. The quantitative estimate of drug-likeness (QED) is 0.361. The Morgan fingerprint density at radius 1 is 1.05 bits per heavy atom. The fourth-order valence-electron chi connectivity index (χ4n) is 3.57. The second kappa shape index (κ2) is 13.7. The molecule has 2 amide bonds. The van der Waals surface area contributed by atoms with Crippen LogP contribution in [0.5, 0.6) is 11.5 Å². The summed E-state index contributed by atoms with van der Waals surface area (Å²) in [5.41, 5.74) is 0.647. The Morgan fingerprint density at radius 2 is 1.68 bits per heavy atom. The standard InChI is InChI=1S/C25H33Cl2N3O6S/c1-6-7-13-28-25(32)17(2)29(15-19-20(26)9-8-10-21(19)27)24(31)16-30(37(5,33)34)18-11-12-22(35-3)23(14-18)36-4/h8-12,14,17H,6-7,13,15-16H2,1-5H3,(H,28,32). The largest absolute Gasteiger partial charge is 0.493 e. The number of halogens is 2. The molecular weight excluding hydrogens is 541 g/mol. The van der Waals surface area contributed by atoms with Crippen LogP contribution in [0.3, 0.4) is 0 Å². The lowest BCUT2D eigenvalue weighted by molar-refractivity contribution is -0.139. The molecule has 2 aromatic carbocycles. The predicted octanol–water partition coefficient (Wildman–Crippen LogP) is 4.11. The Balaban J connectivity index is 2.46. The molecule has 2 rings (SSSR count). The van der Waals surface area contributed by atoms with E-state index in [1.54, 1.807) is 31.2 Å². The number of methoxy groups -OCH3 is 2. The average molecular weight is 575 g/mol. The van der Waals surface area contributed by atoms with E-state index in [-0.39, 0.29) is 18.1 Å². The zero-order valence-electron chi connectivity index (χ0n) is 21.6. The number of nitrogens with one attached hydrogen (secondary N) is 1. The molecule has 1 N–H and O–H groups in total. The highest BCUT2D eigenvalue weighted by molar-refractivity contribution is 7.92. The fraction of sp³-hybridized carbons (Fsp3) is 0.440. The van der Waals surface area contributed by atoms with Crippen molar-refractivity contribution in [1.29, 1.82) is 0 Å². The van der Waals surface area contributed by atoms with E-state index in [4.69, 9.17) is 32.7 Å². The van der Waals surface area contributed by atoms with Crippen LogP contribution in [0.4, 0.5) is 5.69 Å². The molecule has 0 bridgehead atoms. The van der Waals surface area contributed by atoms with Crippen LogP contribution in [-0.2, 0) is 26.2 Å². The fourth-order valence-corrected chi connectivity index (χ4v) is 4.92. The molecule has 0 aromatic heterocycles. The highest BCUT2D eigenvalue weighted by Gasteiger charge is 2.31. The van der Waals surface area contributed by atoms with Gasteiger partial charge in [0.05, 0.1) is 26.2 Å². The zero-order chi connectivity index (χ0) is 27.8. The van der Waals surface area contributed by atoms with Gasteiger partial charge >= 0.3 is 0 Å². The molecule has 9 nitrogen and oxygen atoms in total. The number of ether oxygens (including phenoxy) is 2. The smallest absolute Gasteiger partial charge is 0.244 e. The minimum absolute atomic E-state index is 0.0940. The van der Waals surface area contributed by atoms with Gasteiger partial charge in [-0.3, -0.25) is 13.9 Å². The molecule has 0 aliphatic heterocycles. The van der Waals surface area contributed by atoms with Crippen LogP contribution in [0, 0.1) is 0 Å². The Bertz CT molecular complexity index is 1190. The third kappa shape index (κ3) is 8.15. The maximum atomic E-state index is 13.7. The van der Waals surface area contributed by atoms with Crippen LogP contribution < -0.4 is 19.1 Å². The van der Waals surface area contributed by atoms with Crippen molar-refractivity contribution < 1.29 is 27.5 Å². The number of nitrogens with zero attached hydrogens (tertiary/aromatic N) is 2. The van der Waals surface area contributed by atoms with Crippen LogP contribution in [0.1, 0.15) is 32.3 Å². The second-order valence-corrected chi connectivity index (χ2v) is 11.1. The van der Waals surface area contributed by atoms with E-state index < -0.39 is 28.5 Å². The van der Waals surface area contributed by atoms with Crippen LogP contribution in [0.15, 0.2) is 36.4 Å². The highest BCUT2D eigenvalue weighted by atomic mass is 35.5. The Morgan fingerprint density at radius 3 is 2.22 bits per heavy atom. The first-order valence-electron chi connectivity index (χ1n) is 11.6. The number of hydrogen-bond acceptors (Lipinski definition) is 6. The van der Waals surface area contributed by atoms with Gasteiger partial charge in [0.1, 0.15) is 12.6 Å². The summed E-state index contributed by atoms with van der Waals surface area (Å²) >= 11 is 12.7. The first-order valence-corrected chi connectivity index (χ1v) is 14.2. The lowest BCUT2D eigenvalue weighted by Crippen LogP contribution is -2.51. The molecule has 2 aromatic rings. The van der Waals surface area contributed by atoms with E-state index in [2.05, 4.69) is 5.32 Å². The number of rotatable bonds is 13. The van der Waals surface area contributed by atoms with Gasteiger partial charge in [0, 0.05) is 34.8 Å². The van der Waals surface area contributed by atoms with E-state index in [0.717, 1.165) is 23.4 Å². The van der Waals surface area contributed by atoms with Gasteiger partial charge in [-0.2, -0.15) is 0 Å². The summed E-state index contributed by atoms with van der Waals surface area (Å²) < 4.78 is 37.0. The number of unbranched alkanes of at least 4 members (excludes halogenated alkanes) is 1. The normalized spacial score (nSPS) is 12.0. The summed E-state index contributed by atoms with van der Waals surface area (Å²) in [6.45, 7) is 3.37. The second-order valence-electron chi connectivity index (χ2n) is 8.35. The van der Waals surface area contributed by atoms with Gasteiger partial charge in [0.25, 0.3) is 0 Å². The van der Waals surface area contributed by atoms with Gasteiger partial charge in [-0.15, -0.1) is 0 Å². The van der Waals surface area contributed by atoms with Crippen molar-refractivity contribution in [2.45, 2.75) is 39.3 Å². The lowest BCUT2D eigenvalue weighted by Gasteiger charge is -2.32. The molecule has 0 saturated heterocycles. The van der Waals surface area contributed by atoms with Crippen LogP contribution in [0.2, 0.25) is 10.0 Å². The SMILES string of the molecule is CCCCNC(=O)C(C)N(Cc1c(Cl)cccc1Cl)C(=O)CN(c1ccc(OC)c(OC)c1)S(C)(=O)=O. The molecule has 0 radical (unpaired) electrons. The number of hydrogen-bond donors (Lipinski definition) is 1. The van der Waals surface area contributed by atoms with Gasteiger partial charge < -0.3 is 19.7 Å². The Hall–Kier alpha value is -2.69. The van der Waals surface area contributed by atoms with Crippen LogP contribution >= 0.6 is 23.2 Å². The van der Waals surface area contributed by atoms with E-state index in [0.29, 0.717) is 33.7 Å². The van der Waals surface area contributed by atoms with Gasteiger partial charge in [0.2, 0.25) is 21.8 Å². The van der Waals surface area contributed by atoms with E-state index in [1.807, 2.05) is 6.92 Å². The Kier molecular flexibility index (Phi) is 11.3. The number of carbonyl (C=O) groups is 2. The van der Waals surface area contributed by atoms with Gasteiger partial charge in [-0.25, -0.2) is 8.42 Å². The molecule has 0 spiro atoms. The molecule has 12 heteroatoms. The Labute approximate surface area is 228 Å². The van der Waals surface area contributed by atoms with Crippen molar-refractivity contribution in [2.75, 3.05) is 37.9 Å². The maximum absolute atomic E-state index is 13.7. The van der Waals surface area contributed by atoms with E-state index >= 15 is 0 Å². The summed E-state index contributed by atoms with van der Waals surface area (Å²) in [5, 5.41) is 3.46. The third-order valence-electron chi connectivity index (χ3n) is 5.72. The molecule has 0 aliphatic rings. The van der Waals surface area contributed by atoms with Gasteiger partial charge in [-0.05, 0) is 37.6 Å². The molecule has 1 unspecified atom stereocenters. The first-order chi connectivity index (χ1) is 17.4. The number of benzene rings is 2. The maximum Gasteiger partial charge on any atom is 0.244 e. The molecule has 0 aliphatic carbocycles. The summed E-state index contributed by atoms with van der Waals surface area (Å²) in [7, 11) is -1.03. The minimum Gasteiger partial charge on any atom is -0.493 e. The highest BCUT2D eigenvalue weighted by Crippen LogP contribution is 2.33. The molecule has 0 saturated carbocycles. The third-order valence-corrected chi connectivity index (χ3v) is 7.57. The summed E-state index contributed by atoms with van der Waals surface area (Å²) in [6.07, 6.45) is 2.66. The van der Waals surface area contributed by atoms with Crippen molar-refractivity contribution in [3.63, 3.8) is 0 Å². The monoisotopic (exact) mass is 573 g/mol. The van der Waals surface area contributed by atoms with Crippen molar-refractivity contribution in [3.05, 3.63) is 52.0 Å². The molecule has 1 atom stereocenters. The van der Waals surface area contributed by atoms with Gasteiger partial charge in [-0.1, -0.05) is 42.6 Å². The number of amides is 2. The number of anilines is 1. The molecule has 0 fully saturated rings. The van der Waals surface area contributed by atoms with Crippen molar-refractivity contribution >= 4 is 50.7 Å². The van der Waals surface area contributed by atoms with Crippen molar-refractivity contribution in [2.24, 2.45) is 0 Å². The van der Waals surface area contributed by atoms with Gasteiger partial charge in [0.15, 0.2) is 11.5 Å². The molecule has 37 heavy (non-hydrogen) atoms. The van der Waals surface area contributed by atoms with Crippen LogP contribution in [0.25, 0.3) is 0 Å². The average Bonchev–Trinajstić information content (AvgIpc) is 2.85. The number of sulfonamides is 1. The van der Waals surface area contributed by atoms with E-state index in [1.165, 1.54) is 31.3 Å². The zero-order valence-corrected chi connectivity index (χ0v) is 23.9. The molecule has 204 valence electrons. The number of carbonyl (C=O) groups excluding carboxylic acids is 2. The summed E-state index contributed by atoms with van der Waals surface area (Å²) in [5.74, 6) is -0.292. The van der Waals surface area contributed by atoms with E-state index in [9.17, 15) is 18.0 Å². The first kappa shape index (κ1) is 30.5. The topological polar surface area (TPSA) is 105 Å². The van der Waals surface area contributed by atoms with Crippen molar-refractivity contribution in [1.82, 2.24) is 10.2 Å². The molecule has 0 heterocycles. The predicted molar refractivity (Wildman–Crippen MR) is 146 cm³/mol. The van der Waals surface area contributed by atoms with Crippen molar-refractivity contribution in [3.8, 4) is 11.5 Å². The summed E-state index contributed by atoms with van der Waals surface area (Å²) in [6, 6.07) is 8.51. The van der Waals surface area contributed by atoms with Crippen LogP contribution in [-0.4, -0.2) is 64.7 Å². The lowest BCUT2D eigenvalue weighted by atomic mass is 10.1. The summed E-state index contributed by atoms with van der Waals surface area (Å²) in [4.78, 5) is 27.8. The molecular formula is C25H33Cl2N3O6S.